The van der Waals surface area contributed by atoms with E-state index in [0.717, 1.165) is 9.87 Å². The number of amides is 1. The molecule has 1 aromatic heterocycles. The number of likely N-dealkylation sites (N-methyl/N-ethyl adjacent to an activating group) is 1. The second-order valence-corrected chi connectivity index (χ2v) is 7.99. The maximum Gasteiger partial charge on any atom is 0.345 e. The first-order valence-corrected chi connectivity index (χ1v) is 9.91. The van der Waals surface area contributed by atoms with Crippen LogP contribution < -0.4 is 5.32 Å². The van der Waals surface area contributed by atoms with Gasteiger partial charge in [0.25, 0.3) is 5.91 Å². The van der Waals surface area contributed by atoms with Crippen molar-refractivity contribution in [2.75, 3.05) is 13.6 Å². The fourth-order valence-corrected chi connectivity index (χ4v) is 4.01. The number of nitrogens with one attached hydrogen (secondary N) is 1. The highest BCUT2D eigenvalue weighted by molar-refractivity contribution is 7.88. The fraction of sp³-hybridized carbons (Fsp3) is 0.176. The Bertz CT molecular complexity index is 917. The van der Waals surface area contributed by atoms with Crippen LogP contribution in [0.5, 0.6) is 0 Å². The third-order valence-corrected chi connectivity index (χ3v) is 5.93. The summed E-state index contributed by atoms with van der Waals surface area (Å²) in [5.74, 6) is -0.439. The van der Waals surface area contributed by atoms with E-state index < -0.39 is 16.1 Å². The maximum absolute atomic E-state index is 12.5. The van der Waals surface area contributed by atoms with Crippen molar-refractivity contribution in [3.8, 4) is 0 Å². The Labute approximate surface area is 150 Å². The number of thiophene rings is 1. The van der Waals surface area contributed by atoms with Gasteiger partial charge in [-0.2, -0.15) is 8.42 Å². The van der Waals surface area contributed by atoms with E-state index in [0.29, 0.717) is 17.8 Å². The summed E-state index contributed by atoms with van der Waals surface area (Å²) in [6.45, 7) is 0.416. The van der Waals surface area contributed by atoms with Crippen LogP contribution in [0.4, 0.5) is 0 Å². The lowest BCUT2D eigenvalue weighted by molar-refractivity contribution is -0.118. The Kier molecular flexibility index (Phi) is 5.00. The minimum atomic E-state index is -3.91. The number of benzene rings is 1. The highest BCUT2D eigenvalue weighted by atomic mass is 32.2. The molecule has 0 fully saturated rings. The second kappa shape index (κ2) is 7.20. The van der Waals surface area contributed by atoms with Crippen molar-refractivity contribution < 1.29 is 13.2 Å². The molecular weight excluding hydrogens is 358 g/mol. The molecule has 0 saturated carbocycles. The zero-order valence-corrected chi connectivity index (χ0v) is 15.2. The third-order valence-electron chi connectivity index (χ3n) is 3.72. The minimum Gasteiger partial charge on any atom is -0.350 e. The smallest absolute Gasteiger partial charge is 0.345 e. The average molecular weight is 375 g/mol. The van der Waals surface area contributed by atoms with Gasteiger partial charge in [-0.3, -0.25) is 4.79 Å². The molecule has 25 heavy (non-hydrogen) atoms. The molecule has 1 N–H and O–H groups in total. The first kappa shape index (κ1) is 17.4. The number of allylic oxidation sites excluding steroid dienone is 1. The van der Waals surface area contributed by atoms with Crippen LogP contribution in [0.25, 0.3) is 0 Å². The lowest BCUT2D eigenvalue weighted by Gasteiger charge is -2.23. The van der Waals surface area contributed by atoms with Crippen LogP contribution in [-0.2, 0) is 21.4 Å². The Hall–Kier alpha value is -2.45. The van der Waals surface area contributed by atoms with Gasteiger partial charge in [0.15, 0.2) is 0 Å². The van der Waals surface area contributed by atoms with E-state index in [1.165, 1.54) is 24.5 Å². The molecule has 0 saturated heterocycles. The van der Waals surface area contributed by atoms with Crippen molar-refractivity contribution in [3.05, 3.63) is 70.1 Å². The van der Waals surface area contributed by atoms with E-state index in [9.17, 15) is 13.2 Å². The van der Waals surface area contributed by atoms with Gasteiger partial charge in [0.05, 0.1) is 10.6 Å². The molecule has 0 radical (unpaired) electrons. The quantitative estimate of drug-likeness (QED) is 0.868. The number of hydrogen-bond acceptors (Lipinski definition) is 4. The lowest BCUT2D eigenvalue weighted by atomic mass is 10.1. The zero-order valence-electron chi connectivity index (χ0n) is 13.5. The average Bonchev–Trinajstić information content (AvgIpc) is 3.12. The van der Waals surface area contributed by atoms with Gasteiger partial charge in [0, 0.05) is 13.6 Å². The van der Waals surface area contributed by atoms with Crippen molar-refractivity contribution in [1.82, 2.24) is 9.62 Å². The van der Waals surface area contributed by atoms with Crippen LogP contribution in [0, 0.1) is 0 Å². The van der Waals surface area contributed by atoms with Gasteiger partial charge in [-0.25, -0.2) is 4.31 Å². The van der Waals surface area contributed by atoms with E-state index in [1.54, 1.807) is 12.1 Å². The molecule has 1 aromatic carbocycles. The predicted octanol–water partition coefficient (Wildman–Crippen LogP) is 1.97. The minimum absolute atomic E-state index is 0.0615. The topological polar surface area (TPSA) is 78.8 Å². The summed E-state index contributed by atoms with van der Waals surface area (Å²) in [5.41, 5.74) is 1.44. The fourth-order valence-electron chi connectivity index (χ4n) is 2.36. The van der Waals surface area contributed by atoms with Crippen LogP contribution in [0.1, 0.15) is 10.4 Å². The molecular formula is C17H17N3O3S2. The van der Waals surface area contributed by atoms with E-state index in [1.807, 2.05) is 35.7 Å². The summed E-state index contributed by atoms with van der Waals surface area (Å²) in [5, 5.41) is 4.60. The molecule has 130 valence electrons. The van der Waals surface area contributed by atoms with Gasteiger partial charge in [-0.05, 0) is 29.5 Å². The summed E-state index contributed by atoms with van der Waals surface area (Å²) in [7, 11) is -2.58. The van der Waals surface area contributed by atoms with Gasteiger partial charge < -0.3 is 5.32 Å². The van der Waals surface area contributed by atoms with Crippen LogP contribution in [0.3, 0.4) is 0 Å². The van der Waals surface area contributed by atoms with Gasteiger partial charge >= 0.3 is 10.2 Å². The monoisotopic (exact) mass is 375 g/mol. The number of nitrogens with zero attached hydrogens (tertiary/aromatic N) is 2. The highest BCUT2D eigenvalue weighted by Gasteiger charge is 2.30. The molecule has 1 amide bonds. The molecule has 2 heterocycles. The first-order valence-electron chi connectivity index (χ1n) is 7.64. The molecule has 0 unspecified atom stereocenters. The Morgan fingerprint density at radius 1 is 1.20 bits per heavy atom. The summed E-state index contributed by atoms with van der Waals surface area (Å²) in [6, 6.07) is 13.3. The van der Waals surface area contributed by atoms with Crippen molar-refractivity contribution in [1.29, 1.82) is 0 Å². The number of hydrogen-bond donors (Lipinski definition) is 1. The second-order valence-electron chi connectivity index (χ2n) is 5.42. The number of carbonyl (C=O) groups is 1. The maximum atomic E-state index is 12.5. The summed E-state index contributed by atoms with van der Waals surface area (Å²) >= 11 is 1.37. The third kappa shape index (κ3) is 3.97. The van der Waals surface area contributed by atoms with Crippen LogP contribution in [-0.4, -0.2) is 37.9 Å². The standard InChI is InChI=1S/C17H17N3O3S2/c1-20-15(17(21)18-10-9-13-6-3-2-4-7-13)12-14(19-25(20,22)23)16-8-5-11-24-16/h2-8,11-12H,9-10H2,1H3,(H,18,21). The Morgan fingerprint density at radius 2 is 1.96 bits per heavy atom. The Morgan fingerprint density at radius 3 is 2.64 bits per heavy atom. The normalized spacial score (nSPS) is 16.1. The summed E-state index contributed by atoms with van der Waals surface area (Å²) in [6.07, 6.45) is 2.17. The summed E-state index contributed by atoms with van der Waals surface area (Å²) < 4.78 is 29.1. The van der Waals surface area contributed by atoms with E-state index in [2.05, 4.69) is 9.71 Å². The zero-order chi connectivity index (χ0) is 17.9. The largest absolute Gasteiger partial charge is 0.350 e. The predicted molar refractivity (Wildman–Crippen MR) is 98.8 cm³/mol. The van der Waals surface area contributed by atoms with Crippen LogP contribution >= 0.6 is 11.3 Å². The molecule has 8 heteroatoms. The van der Waals surface area contributed by atoms with E-state index >= 15 is 0 Å². The molecule has 0 atom stereocenters. The van der Waals surface area contributed by atoms with Gasteiger partial charge in [0.1, 0.15) is 5.70 Å². The number of rotatable bonds is 5. The molecule has 0 aliphatic carbocycles. The molecule has 0 bridgehead atoms. The molecule has 1 aliphatic rings. The molecule has 1 aliphatic heterocycles. The molecule has 3 rings (SSSR count). The highest BCUT2D eigenvalue weighted by Crippen LogP contribution is 2.21. The van der Waals surface area contributed by atoms with Gasteiger partial charge in [-0.1, -0.05) is 36.4 Å². The van der Waals surface area contributed by atoms with E-state index in [4.69, 9.17) is 0 Å². The molecule has 6 nitrogen and oxygen atoms in total. The van der Waals surface area contributed by atoms with Crippen molar-refractivity contribution in [3.63, 3.8) is 0 Å². The van der Waals surface area contributed by atoms with Gasteiger partial charge in [-0.15, -0.1) is 15.7 Å². The lowest BCUT2D eigenvalue weighted by Crippen LogP contribution is -2.39. The van der Waals surface area contributed by atoms with Crippen molar-refractivity contribution in [2.24, 2.45) is 4.40 Å². The van der Waals surface area contributed by atoms with Crippen molar-refractivity contribution in [2.45, 2.75) is 6.42 Å². The van der Waals surface area contributed by atoms with Crippen LogP contribution in [0.15, 0.2) is 64.0 Å². The summed E-state index contributed by atoms with van der Waals surface area (Å²) in [4.78, 5) is 13.2. The first-order chi connectivity index (χ1) is 12.0. The Balaban J connectivity index is 1.75. The number of carbonyl (C=O) groups excluding carboxylic acids is 1. The van der Waals surface area contributed by atoms with E-state index in [-0.39, 0.29) is 11.4 Å². The SMILES string of the molecule is CN1C(C(=O)NCCc2ccccc2)=CC(c2cccs2)=NS1(=O)=O. The van der Waals surface area contributed by atoms with Gasteiger partial charge in [0.2, 0.25) is 0 Å². The van der Waals surface area contributed by atoms with Crippen LogP contribution in [0.2, 0.25) is 0 Å². The molecule has 0 spiro atoms. The van der Waals surface area contributed by atoms with Crippen molar-refractivity contribution >= 4 is 33.2 Å². The molecule has 2 aromatic rings.